The second-order valence-corrected chi connectivity index (χ2v) is 13.8. The SMILES string of the molecule is CC(C)CCOc1ccc2ccccc2c1-c1c(OCc2cn(C[C@@H](CCCCN)NC(=O)C3(N)CCOCC3)nn2)ccc2ccccc12. The summed E-state index contributed by atoms with van der Waals surface area (Å²) in [5, 5.41) is 16.5. The molecule has 1 aliphatic heterocycles. The van der Waals surface area contributed by atoms with Crippen LogP contribution in [0.15, 0.2) is 79.0 Å². The van der Waals surface area contributed by atoms with Gasteiger partial charge in [-0.25, -0.2) is 0 Å². The highest BCUT2D eigenvalue weighted by molar-refractivity contribution is 6.09. The molecule has 264 valence electrons. The standard InChI is InChI=1S/C40H50N6O4/c1-28(2)18-22-49-35-16-14-29-9-3-5-12-33(29)37(35)38-34-13-6-4-10-30(34)15-17-36(38)50-27-32-26-46(45-44-32)25-31(11-7-8-21-41)43-39(47)40(42)19-23-48-24-20-40/h3-6,9-10,12-17,26,28,31H,7-8,11,18-25,27,41-42H2,1-2H3,(H,43,47)/t31-/m1/s1. The van der Waals surface area contributed by atoms with Gasteiger partial charge in [0.15, 0.2) is 0 Å². The minimum Gasteiger partial charge on any atom is -0.493 e. The number of ether oxygens (including phenoxy) is 3. The molecule has 1 saturated heterocycles. The summed E-state index contributed by atoms with van der Waals surface area (Å²) in [5.41, 5.74) is 14.0. The van der Waals surface area contributed by atoms with Gasteiger partial charge in [-0.3, -0.25) is 9.48 Å². The third-order valence-electron chi connectivity index (χ3n) is 9.53. The zero-order chi connectivity index (χ0) is 34.9. The Morgan fingerprint density at radius 2 is 1.54 bits per heavy atom. The molecule has 1 atom stereocenters. The molecule has 0 unspecified atom stereocenters. The molecule has 0 aliphatic carbocycles. The Balaban J connectivity index is 1.26. The van der Waals surface area contributed by atoms with Crippen LogP contribution in [0.1, 0.15) is 58.1 Å². The van der Waals surface area contributed by atoms with Crippen LogP contribution >= 0.6 is 0 Å². The van der Waals surface area contributed by atoms with Crippen molar-refractivity contribution in [3.05, 3.63) is 84.7 Å². The maximum atomic E-state index is 13.3. The van der Waals surface area contributed by atoms with Crippen molar-refractivity contribution in [1.29, 1.82) is 0 Å². The van der Waals surface area contributed by atoms with Gasteiger partial charge in [0.2, 0.25) is 5.91 Å². The topological polar surface area (TPSA) is 140 Å². The van der Waals surface area contributed by atoms with Crippen LogP contribution < -0.4 is 26.3 Å². The molecule has 4 aromatic carbocycles. The van der Waals surface area contributed by atoms with E-state index in [1.54, 1.807) is 4.68 Å². The molecule has 5 aromatic rings. The lowest BCUT2D eigenvalue weighted by Gasteiger charge is -2.33. The summed E-state index contributed by atoms with van der Waals surface area (Å²) < 4.78 is 20.3. The first kappa shape index (κ1) is 35.3. The lowest BCUT2D eigenvalue weighted by atomic mass is 9.90. The quantitative estimate of drug-likeness (QED) is 0.102. The number of unbranched alkanes of at least 4 members (excludes halogenated alkanes) is 1. The Kier molecular flexibility index (Phi) is 11.6. The van der Waals surface area contributed by atoms with Crippen LogP contribution in [-0.4, -0.2) is 58.8 Å². The number of amides is 1. The lowest BCUT2D eigenvalue weighted by Crippen LogP contribution is -2.59. The van der Waals surface area contributed by atoms with Crippen molar-refractivity contribution in [3.63, 3.8) is 0 Å². The van der Waals surface area contributed by atoms with E-state index in [4.69, 9.17) is 25.7 Å². The Morgan fingerprint density at radius 3 is 2.18 bits per heavy atom. The number of rotatable bonds is 16. The van der Waals surface area contributed by atoms with Gasteiger partial charge in [0, 0.05) is 30.4 Å². The van der Waals surface area contributed by atoms with E-state index < -0.39 is 5.54 Å². The number of nitrogens with zero attached hydrogens (tertiary/aromatic N) is 3. The average molecular weight is 679 g/mol. The van der Waals surface area contributed by atoms with Crippen LogP contribution in [0, 0.1) is 5.92 Å². The first-order chi connectivity index (χ1) is 24.3. The third-order valence-corrected chi connectivity index (χ3v) is 9.53. The fourth-order valence-electron chi connectivity index (χ4n) is 6.57. The molecule has 6 rings (SSSR count). The summed E-state index contributed by atoms with van der Waals surface area (Å²) in [6.07, 6.45) is 6.36. The minimum atomic E-state index is -0.924. The van der Waals surface area contributed by atoms with Gasteiger partial charge < -0.3 is 31.0 Å². The maximum absolute atomic E-state index is 13.3. The summed E-state index contributed by atoms with van der Waals surface area (Å²) >= 11 is 0. The average Bonchev–Trinajstić information content (AvgIpc) is 3.57. The fourth-order valence-corrected chi connectivity index (χ4v) is 6.57. The van der Waals surface area contributed by atoms with Crippen LogP contribution in [-0.2, 0) is 22.7 Å². The van der Waals surface area contributed by atoms with Crippen LogP contribution in [0.25, 0.3) is 32.7 Å². The van der Waals surface area contributed by atoms with Gasteiger partial charge in [-0.05, 0) is 78.2 Å². The van der Waals surface area contributed by atoms with Crippen LogP contribution in [0.5, 0.6) is 11.5 Å². The first-order valence-corrected chi connectivity index (χ1v) is 17.9. The van der Waals surface area contributed by atoms with Gasteiger partial charge in [-0.15, -0.1) is 5.10 Å². The summed E-state index contributed by atoms with van der Waals surface area (Å²) in [6, 6.07) is 24.9. The number of fused-ring (bicyclic) bond motifs is 2. The Bertz CT molecular complexity index is 1880. The minimum absolute atomic E-state index is 0.146. The number of benzene rings is 4. The Hall–Kier alpha value is -4.51. The van der Waals surface area contributed by atoms with Crippen LogP contribution in [0.4, 0.5) is 0 Å². The highest BCUT2D eigenvalue weighted by atomic mass is 16.5. The van der Waals surface area contributed by atoms with Crippen molar-refractivity contribution in [2.45, 2.75) is 77.1 Å². The summed E-state index contributed by atoms with van der Waals surface area (Å²) in [5.74, 6) is 1.96. The molecule has 1 fully saturated rings. The van der Waals surface area contributed by atoms with Crippen molar-refractivity contribution in [1.82, 2.24) is 20.3 Å². The number of carbonyl (C=O) groups is 1. The monoisotopic (exact) mass is 678 g/mol. The normalized spacial score (nSPS) is 15.0. The second kappa shape index (κ2) is 16.5. The summed E-state index contributed by atoms with van der Waals surface area (Å²) in [4.78, 5) is 13.3. The number of nitrogens with two attached hydrogens (primary N) is 2. The number of hydrogen-bond acceptors (Lipinski definition) is 8. The van der Waals surface area contributed by atoms with E-state index in [1.165, 1.54) is 0 Å². The van der Waals surface area contributed by atoms with Crippen molar-refractivity contribution in [2.75, 3.05) is 26.4 Å². The van der Waals surface area contributed by atoms with Gasteiger partial charge >= 0.3 is 0 Å². The van der Waals surface area contributed by atoms with Crippen molar-refractivity contribution >= 4 is 27.5 Å². The van der Waals surface area contributed by atoms with E-state index in [-0.39, 0.29) is 18.6 Å². The Labute approximate surface area is 294 Å². The van der Waals surface area contributed by atoms with Crippen molar-refractivity contribution < 1.29 is 19.0 Å². The van der Waals surface area contributed by atoms with Gasteiger partial charge in [0.1, 0.15) is 23.8 Å². The molecule has 0 spiro atoms. The summed E-state index contributed by atoms with van der Waals surface area (Å²) in [7, 11) is 0. The molecule has 50 heavy (non-hydrogen) atoms. The molecular formula is C40H50N6O4. The maximum Gasteiger partial charge on any atom is 0.240 e. The smallest absolute Gasteiger partial charge is 0.240 e. The number of nitrogens with one attached hydrogen (secondary N) is 1. The largest absolute Gasteiger partial charge is 0.493 e. The third kappa shape index (κ3) is 8.43. The molecule has 1 amide bonds. The number of hydrogen-bond donors (Lipinski definition) is 3. The van der Waals surface area contributed by atoms with Gasteiger partial charge in [-0.1, -0.05) is 86.1 Å². The van der Waals surface area contributed by atoms with E-state index in [0.29, 0.717) is 57.4 Å². The highest BCUT2D eigenvalue weighted by Gasteiger charge is 2.37. The predicted molar refractivity (Wildman–Crippen MR) is 198 cm³/mol. The number of aromatic nitrogens is 3. The predicted octanol–water partition coefficient (Wildman–Crippen LogP) is 6.38. The van der Waals surface area contributed by atoms with Gasteiger partial charge in [0.05, 0.1) is 24.9 Å². The second-order valence-electron chi connectivity index (χ2n) is 13.8. The van der Waals surface area contributed by atoms with E-state index >= 15 is 0 Å². The molecule has 0 saturated carbocycles. The molecule has 1 aliphatic rings. The fraction of sp³-hybridized carbons (Fsp3) is 0.425. The van der Waals surface area contributed by atoms with E-state index in [1.807, 2.05) is 12.3 Å². The summed E-state index contributed by atoms with van der Waals surface area (Å²) in [6.45, 7) is 7.29. The van der Waals surface area contributed by atoms with E-state index in [9.17, 15) is 4.79 Å². The molecule has 5 N–H and O–H groups in total. The molecule has 10 heteroatoms. The molecular weight excluding hydrogens is 628 g/mol. The zero-order valence-corrected chi connectivity index (χ0v) is 29.3. The molecule has 2 heterocycles. The lowest BCUT2D eigenvalue weighted by molar-refractivity contribution is -0.130. The van der Waals surface area contributed by atoms with Gasteiger partial charge in [0.25, 0.3) is 0 Å². The molecule has 10 nitrogen and oxygen atoms in total. The first-order valence-electron chi connectivity index (χ1n) is 17.9. The van der Waals surface area contributed by atoms with E-state index in [0.717, 1.165) is 69.9 Å². The van der Waals surface area contributed by atoms with Crippen molar-refractivity contribution in [3.8, 4) is 22.6 Å². The van der Waals surface area contributed by atoms with E-state index in [2.05, 4.69) is 96.2 Å². The molecule has 1 aromatic heterocycles. The molecule has 0 radical (unpaired) electrons. The van der Waals surface area contributed by atoms with Gasteiger partial charge in [-0.2, -0.15) is 0 Å². The Morgan fingerprint density at radius 1 is 0.900 bits per heavy atom. The van der Waals surface area contributed by atoms with Crippen molar-refractivity contribution in [2.24, 2.45) is 17.4 Å². The number of carbonyl (C=O) groups excluding carboxylic acids is 1. The highest BCUT2D eigenvalue weighted by Crippen LogP contribution is 2.45. The van der Waals surface area contributed by atoms with Crippen LogP contribution in [0.2, 0.25) is 0 Å². The molecule has 0 bridgehead atoms. The van der Waals surface area contributed by atoms with Crippen LogP contribution in [0.3, 0.4) is 0 Å². The zero-order valence-electron chi connectivity index (χ0n) is 29.3.